The lowest BCUT2D eigenvalue weighted by atomic mass is 9.99. The van der Waals surface area contributed by atoms with Gasteiger partial charge in [-0.25, -0.2) is 4.79 Å². The van der Waals surface area contributed by atoms with Gasteiger partial charge in [0.1, 0.15) is 18.3 Å². The monoisotopic (exact) mass is 298 g/mol. The molecule has 0 aliphatic carbocycles. The first-order valence-electron chi connectivity index (χ1n) is 6.50. The summed E-state index contributed by atoms with van der Waals surface area (Å²) in [5, 5.41) is 37.9. The van der Waals surface area contributed by atoms with Crippen molar-refractivity contribution in [1.82, 2.24) is 0 Å². The number of aryl methyl sites for hydroxylation is 1. The third-order valence-corrected chi connectivity index (χ3v) is 3.31. The van der Waals surface area contributed by atoms with Crippen LogP contribution in [0.5, 0.6) is 0 Å². The van der Waals surface area contributed by atoms with Crippen LogP contribution in [-0.4, -0.2) is 57.1 Å². The van der Waals surface area contributed by atoms with Crippen molar-refractivity contribution in [3.63, 3.8) is 0 Å². The van der Waals surface area contributed by atoms with Crippen LogP contribution in [0.2, 0.25) is 0 Å². The highest BCUT2D eigenvalue weighted by Crippen LogP contribution is 2.23. The zero-order valence-corrected chi connectivity index (χ0v) is 11.4. The maximum absolute atomic E-state index is 10.9. The molecule has 1 aliphatic heterocycles. The molecule has 2 rings (SSSR count). The van der Waals surface area contributed by atoms with Crippen LogP contribution in [-0.2, 0) is 20.9 Å². The van der Waals surface area contributed by atoms with Gasteiger partial charge < -0.3 is 29.9 Å². The summed E-state index contributed by atoms with van der Waals surface area (Å²) in [6, 6.07) is 7.43. The first kappa shape index (κ1) is 15.9. The van der Waals surface area contributed by atoms with E-state index in [4.69, 9.17) is 14.6 Å². The van der Waals surface area contributed by atoms with Crippen molar-refractivity contribution in [2.24, 2.45) is 0 Å². The maximum atomic E-state index is 10.9. The Bertz CT molecular complexity index is 504. The topological polar surface area (TPSA) is 116 Å². The highest BCUT2D eigenvalue weighted by Gasteiger charge is 2.47. The summed E-state index contributed by atoms with van der Waals surface area (Å²) < 4.78 is 10.3. The minimum atomic E-state index is -1.71. The van der Waals surface area contributed by atoms with Crippen molar-refractivity contribution in [3.05, 3.63) is 35.4 Å². The molecule has 5 atom stereocenters. The molecule has 0 unspecified atom stereocenters. The van der Waals surface area contributed by atoms with Crippen molar-refractivity contribution in [1.29, 1.82) is 0 Å². The minimum Gasteiger partial charge on any atom is -0.479 e. The average molecular weight is 298 g/mol. The molecule has 21 heavy (non-hydrogen) atoms. The summed E-state index contributed by atoms with van der Waals surface area (Å²) in [5.74, 6) is -1.43. The molecule has 0 amide bonds. The van der Waals surface area contributed by atoms with Crippen molar-refractivity contribution in [3.8, 4) is 0 Å². The Morgan fingerprint density at radius 2 is 1.95 bits per heavy atom. The van der Waals surface area contributed by atoms with Crippen molar-refractivity contribution in [2.45, 2.75) is 44.2 Å². The smallest absolute Gasteiger partial charge is 0.335 e. The van der Waals surface area contributed by atoms with E-state index in [9.17, 15) is 20.1 Å². The number of carboxylic acids is 1. The van der Waals surface area contributed by atoms with E-state index < -0.39 is 36.7 Å². The van der Waals surface area contributed by atoms with Gasteiger partial charge in [0, 0.05) is 0 Å². The normalized spacial score (nSPS) is 32.9. The Morgan fingerprint density at radius 3 is 2.57 bits per heavy atom. The summed E-state index contributed by atoms with van der Waals surface area (Å²) in [6.07, 6.45) is -7.87. The van der Waals surface area contributed by atoms with Crippen LogP contribution in [0.1, 0.15) is 11.1 Å². The van der Waals surface area contributed by atoms with Gasteiger partial charge in [0.05, 0.1) is 6.61 Å². The van der Waals surface area contributed by atoms with Crippen LogP contribution in [0.15, 0.2) is 24.3 Å². The second-order valence-electron chi connectivity index (χ2n) is 5.04. The van der Waals surface area contributed by atoms with E-state index in [0.29, 0.717) is 0 Å². The minimum absolute atomic E-state index is 0.0819. The van der Waals surface area contributed by atoms with E-state index in [1.807, 2.05) is 31.2 Å². The molecule has 1 aromatic rings. The quantitative estimate of drug-likeness (QED) is 0.586. The van der Waals surface area contributed by atoms with Gasteiger partial charge in [0.15, 0.2) is 12.4 Å². The SMILES string of the molecule is Cc1cccc(CO[C@@H]2O[C@H](C(=O)O)[C@@H](O)[C@H](O)[C@H]2O)c1. The molecule has 0 bridgehead atoms. The average Bonchev–Trinajstić information content (AvgIpc) is 2.44. The van der Waals surface area contributed by atoms with Gasteiger partial charge in [-0.3, -0.25) is 0 Å². The summed E-state index contributed by atoms with van der Waals surface area (Å²) in [4.78, 5) is 10.9. The Labute approximate surface area is 121 Å². The van der Waals surface area contributed by atoms with Gasteiger partial charge in [-0.1, -0.05) is 29.8 Å². The van der Waals surface area contributed by atoms with E-state index in [0.717, 1.165) is 11.1 Å². The Hall–Kier alpha value is -1.51. The summed E-state index contributed by atoms with van der Waals surface area (Å²) in [7, 11) is 0. The number of aliphatic hydroxyl groups is 3. The second-order valence-corrected chi connectivity index (χ2v) is 5.04. The third-order valence-electron chi connectivity index (χ3n) is 3.31. The lowest BCUT2D eigenvalue weighted by molar-refractivity contribution is -0.297. The van der Waals surface area contributed by atoms with E-state index in [1.165, 1.54) is 0 Å². The number of ether oxygens (including phenoxy) is 2. The van der Waals surface area contributed by atoms with E-state index in [2.05, 4.69) is 0 Å². The number of aliphatic carboxylic acids is 1. The molecule has 1 aromatic carbocycles. The van der Waals surface area contributed by atoms with Crippen LogP contribution < -0.4 is 0 Å². The lowest BCUT2D eigenvalue weighted by Crippen LogP contribution is -2.60. The number of carboxylic acid groups (broad SMARTS) is 1. The van der Waals surface area contributed by atoms with Gasteiger partial charge >= 0.3 is 5.97 Å². The molecule has 1 fully saturated rings. The Balaban J connectivity index is 2.03. The summed E-state index contributed by atoms with van der Waals surface area (Å²) >= 11 is 0. The van der Waals surface area contributed by atoms with Gasteiger partial charge in [-0.2, -0.15) is 0 Å². The highest BCUT2D eigenvalue weighted by molar-refractivity contribution is 5.73. The van der Waals surface area contributed by atoms with Crippen molar-refractivity contribution >= 4 is 5.97 Å². The first-order valence-corrected chi connectivity index (χ1v) is 6.50. The van der Waals surface area contributed by atoms with Crippen LogP contribution in [0.3, 0.4) is 0 Å². The first-order chi connectivity index (χ1) is 9.90. The fraction of sp³-hybridized carbons (Fsp3) is 0.500. The molecule has 7 heteroatoms. The number of rotatable bonds is 4. The van der Waals surface area contributed by atoms with E-state index in [1.54, 1.807) is 0 Å². The lowest BCUT2D eigenvalue weighted by Gasteiger charge is -2.38. The standard InChI is InChI=1S/C14H18O7/c1-7-3-2-4-8(5-7)6-20-14-11(17)9(15)10(16)12(21-14)13(18)19/h2-5,9-12,14-17H,6H2,1H3,(H,18,19)/t9-,10-,11+,12-,14+/m0/s1. The van der Waals surface area contributed by atoms with Gasteiger partial charge in [-0.15, -0.1) is 0 Å². The van der Waals surface area contributed by atoms with Crippen molar-refractivity contribution in [2.75, 3.05) is 0 Å². The van der Waals surface area contributed by atoms with Crippen LogP contribution in [0, 0.1) is 6.92 Å². The fourth-order valence-corrected chi connectivity index (χ4v) is 2.17. The summed E-state index contributed by atoms with van der Waals surface area (Å²) in [6.45, 7) is 1.99. The molecule has 0 aromatic heterocycles. The van der Waals surface area contributed by atoms with Crippen LogP contribution >= 0.6 is 0 Å². The molecule has 0 saturated carbocycles. The van der Waals surface area contributed by atoms with Crippen LogP contribution in [0.4, 0.5) is 0 Å². The molecule has 4 N–H and O–H groups in total. The number of aliphatic hydroxyl groups excluding tert-OH is 3. The molecule has 116 valence electrons. The third kappa shape index (κ3) is 3.58. The molecule has 1 saturated heterocycles. The Morgan fingerprint density at radius 1 is 1.24 bits per heavy atom. The molecule has 0 radical (unpaired) electrons. The number of carbonyl (C=O) groups is 1. The Kier molecular flexibility index (Phi) is 4.92. The zero-order chi connectivity index (χ0) is 15.6. The van der Waals surface area contributed by atoms with Gasteiger partial charge in [0.2, 0.25) is 0 Å². The van der Waals surface area contributed by atoms with Gasteiger partial charge in [0.25, 0.3) is 0 Å². The highest BCUT2D eigenvalue weighted by atomic mass is 16.7. The molecule has 0 spiro atoms. The largest absolute Gasteiger partial charge is 0.479 e. The van der Waals surface area contributed by atoms with Gasteiger partial charge in [-0.05, 0) is 12.5 Å². The molecular weight excluding hydrogens is 280 g/mol. The predicted molar refractivity (Wildman–Crippen MR) is 70.3 cm³/mol. The number of hydrogen-bond donors (Lipinski definition) is 4. The van der Waals surface area contributed by atoms with E-state index >= 15 is 0 Å². The number of hydrogen-bond acceptors (Lipinski definition) is 6. The summed E-state index contributed by atoms with van der Waals surface area (Å²) in [5.41, 5.74) is 1.85. The maximum Gasteiger partial charge on any atom is 0.335 e. The molecular formula is C14H18O7. The molecule has 7 nitrogen and oxygen atoms in total. The van der Waals surface area contributed by atoms with Crippen molar-refractivity contribution < 1.29 is 34.7 Å². The predicted octanol–water partition coefficient (Wildman–Crippen LogP) is -0.596. The zero-order valence-electron chi connectivity index (χ0n) is 11.4. The van der Waals surface area contributed by atoms with E-state index in [-0.39, 0.29) is 6.61 Å². The molecule has 1 aliphatic rings. The second kappa shape index (κ2) is 6.50. The molecule has 1 heterocycles. The van der Waals surface area contributed by atoms with Crippen LogP contribution in [0.25, 0.3) is 0 Å². The fourth-order valence-electron chi connectivity index (χ4n) is 2.17. The number of benzene rings is 1.